The average Bonchev–Trinajstić information content (AvgIpc) is 2.31. The van der Waals surface area contributed by atoms with E-state index in [1.54, 1.807) is 0 Å². The molecule has 0 bridgehead atoms. The zero-order chi connectivity index (χ0) is 12.0. The Morgan fingerprint density at radius 1 is 1.50 bits per heavy atom. The summed E-state index contributed by atoms with van der Waals surface area (Å²) in [7, 11) is 0. The molecule has 0 saturated heterocycles. The summed E-state index contributed by atoms with van der Waals surface area (Å²) in [5.41, 5.74) is 2.52. The van der Waals surface area contributed by atoms with Gasteiger partial charge in [0.1, 0.15) is 16.6 Å². The minimum absolute atomic E-state index is 0.395. The van der Waals surface area contributed by atoms with Crippen molar-refractivity contribution in [2.24, 2.45) is 5.84 Å². The van der Waals surface area contributed by atoms with Gasteiger partial charge in [0, 0.05) is 11.8 Å². The lowest BCUT2D eigenvalue weighted by Crippen LogP contribution is -2.22. The zero-order valence-corrected chi connectivity index (χ0v) is 11.7. The molecule has 5 nitrogen and oxygen atoms in total. The van der Waals surface area contributed by atoms with Crippen LogP contribution in [0.4, 0.5) is 11.6 Å². The Kier molecular flexibility index (Phi) is 5.86. The van der Waals surface area contributed by atoms with Gasteiger partial charge in [-0.05, 0) is 28.6 Å². The first-order chi connectivity index (χ1) is 7.72. The van der Waals surface area contributed by atoms with E-state index in [1.807, 2.05) is 11.8 Å². The smallest absolute Gasteiger partial charge is 0.159 e. The molecule has 0 fully saturated rings. The van der Waals surface area contributed by atoms with Crippen molar-refractivity contribution < 1.29 is 0 Å². The molecule has 0 spiro atoms. The van der Waals surface area contributed by atoms with E-state index < -0.39 is 0 Å². The van der Waals surface area contributed by atoms with E-state index >= 15 is 0 Å². The molecule has 0 aromatic carbocycles. The van der Waals surface area contributed by atoms with E-state index in [0.29, 0.717) is 11.9 Å². The molecule has 4 N–H and O–H groups in total. The van der Waals surface area contributed by atoms with Crippen LogP contribution >= 0.6 is 27.7 Å². The predicted octanol–water partition coefficient (Wildman–Crippen LogP) is 2.08. The topological polar surface area (TPSA) is 75.9 Å². The van der Waals surface area contributed by atoms with Gasteiger partial charge in [-0.2, -0.15) is 11.8 Å². The number of nitrogens with two attached hydrogens (primary N) is 1. The molecule has 1 rings (SSSR count). The second-order valence-electron chi connectivity index (χ2n) is 3.23. The maximum atomic E-state index is 5.34. The summed E-state index contributed by atoms with van der Waals surface area (Å²) in [6.45, 7) is 2.14. The van der Waals surface area contributed by atoms with Gasteiger partial charge in [0.2, 0.25) is 0 Å². The summed E-state index contributed by atoms with van der Waals surface area (Å²) in [6.07, 6.45) is 4.61. The molecular weight excluding hydrogens is 290 g/mol. The quantitative estimate of drug-likeness (QED) is 0.552. The number of aromatic nitrogens is 2. The average molecular weight is 306 g/mol. The number of hydrogen-bond donors (Lipinski definition) is 3. The first-order valence-corrected chi connectivity index (χ1v) is 7.14. The zero-order valence-electron chi connectivity index (χ0n) is 9.33. The van der Waals surface area contributed by atoms with Gasteiger partial charge in [-0.3, -0.25) is 0 Å². The molecule has 1 heterocycles. The third-order valence-corrected chi connectivity index (χ3v) is 3.61. The third-order valence-electron chi connectivity index (χ3n) is 2.13. The van der Waals surface area contributed by atoms with Gasteiger partial charge in [0.05, 0.1) is 0 Å². The van der Waals surface area contributed by atoms with Crippen molar-refractivity contribution in [3.8, 4) is 0 Å². The van der Waals surface area contributed by atoms with Gasteiger partial charge in [-0.25, -0.2) is 15.8 Å². The van der Waals surface area contributed by atoms with Gasteiger partial charge >= 0.3 is 0 Å². The van der Waals surface area contributed by atoms with Crippen molar-refractivity contribution in [1.82, 2.24) is 9.97 Å². The van der Waals surface area contributed by atoms with E-state index in [9.17, 15) is 0 Å². The lowest BCUT2D eigenvalue weighted by atomic mass is 10.2. The maximum Gasteiger partial charge on any atom is 0.159 e. The molecule has 1 aromatic heterocycles. The van der Waals surface area contributed by atoms with Crippen molar-refractivity contribution in [3.05, 3.63) is 10.8 Å². The van der Waals surface area contributed by atoms with Crippen molar-refractivity contribution in [3.63, 3.8) is 0 Å². The molecule has 1 aromatic rings. The molecule has 0 saturated carbocycles. The summed E-state index contributed by atoms with van der Waals surface area (Å²) in [5, 5.41) is 3.36. The summed E-state index contributed by atoms with van der Waals surface area (Å²) >= 11 is 5.22. The lowest BCUT2D eigenvalue weighted by molar-refractivity contribution is 0.768. The molecule has 7 heteroatoms. The number of nitrogens with zero attached hydrogens (tertiary/aromatic N) is 2. The number of rotatable bonds is 6. The van der Waals surface area contributed by atoms with Crippen molar-refractivity contribution in [2.45, 2.75) is 19.4 Å². The SMILES string of the molecule is CCC(CSC)Nc1ncnc(NN)c1Br. The molecule has 0 aliphatic rings. The molecule has 0 aliphatic heterocycles. The van der Waals surface area contributed by atoms with E-state index in [4.69, 9.17) is 5.84 Å². The minimum Gasteiger partial charge on any atom is -0.365 e. The van der Waals surface area contributed by atoms with Crippen LogP contribution in [0.15, 0.2) is 10.8 Å². The van der Waals surface area contributed by atoms with Gasteiger partial charge in [0.15, 0.2) is 5.82 Å². The Morgan fingerprint density at radius 3 is 2.75 bits per heavy atom. The van der Waals surface area contributed by atoms with Crippen LogP contribution < -0.4 is 16.6 Å². The highest BCUT2D eigenvalue weighted by molar-refractivity contribution is 9.10. The van der Waals surface area contributed by atoms with E-state index in [0.717, 1.165) is 22.5 Å². The number of hydrogen-bond acceptors (Lipinski definition) is 6. The molecule has 16 heavy (non-hydrogen) atoms. The van der Waals surface area contributed by atoms with Crippen LogP contribution in [0.25, 0.3) is 0 Å². The van der Waals surface area contributed by atoms with E-state index in [-0.39, 0.29) is 0 Å². The molecule has 0 amide bonds. The highest BCUT2D eigenvalue weighted by Crippen LogP contribution is 2.26. The Bertz CT molecular complexity index is 336. The Hall–Kier alpha value is -0.530. The largest absolute Gasteiger partial charge is 0.365 e. The first-order valence-electron chi connectivity index (χ1n) is 4.95. The standard InChI is InChI=1S/C9H16BrN5S/c1-3-6(4-16-2)14-8-7(10)9(15-11)13-5-12-8/h5-6H,3-4,11H2,1-2H3,(H2,12,13,14,15). The summed E-state index contributed by atoms with van der Waals surface area (Å²) in [6, 6.07) is 0.395. The van der Waals surface area contributed by atoms with Crippen LogP contribution in [-0.4, -0.2) is 28.0 Å². The van der Waals surface area contributed by atoms with Gasteiger partial charge in [-0.1, -0.05) is 6.92 Å². The second kappa shape index (κ2) is 6.93. The van der Waals surface area contributed by atoms with Crippen molar-refractivity contribution in [2.75, 3.05) is 22.8 Å². The fourth-order valence-corrected chi connectivity index (χ4v) is 2.38. The van der Waals surface area contributed by atoms with Crippen LogP contribution in [0.2, 0.25) is 0 Å². The molecule has 0 aliphatic carbocycles. The van der Waals surface area contributed by atoms with Gasteiger partial charge in [0.25, 0.3) is 0 Å². The number of hydrazine groups is 1. The highest BCUT2D eigenvalue weighted by Gasteiger charge is 2.11. The van der Waals surface area contributed by atoms with Crippen molar-refractivity contribution >= 4 is 39.3 Å². The number of halogens is 1. The van der Waals surface area contributed by atoms with Crippen LogP contribution in [0.3, 0.4) is 0 Å². The van der Waals surface area contributed by atoms with Gasteiger partial charge in [-0.15, -0.1) is 0 Å². The number of anilines is 2. The number of thioether (sulfide) groups is 1. The van der Waals surface area contributed by atoms with Crippen LogP contribution in [0.5, 0.6) is 0 Å². The van der Waals surface area contributed by atoms with Crippen LogP contribution in [-0.2, 0) is 0 Å². The Morgan fingerprint density at radius 2 is 2.19 bits per heavy atom. The fraction of sp³-hybridized carbons (Fsp3) is 0.556. The molecule has 90 valence electrons. The highest BCUT2D eigenvalue weighted by atomic mass is 79.9. The molecule has 1 atom stereocenters. The normalized spacial score (nSPS) is 12.2. The second-order valence-corrected chi connectivity index (χ2v) is 4.94. The maximum absolute atomic E-state index is 5.34. The molecule has 0 radical (unpaired) electrons. The molecule has 1 unspecified atom stereocenters. The van der Waals surface area contributed by atoms with E-state index in [2.05, 4.69) is 49.8 Å². The first kappa shape index (κ1) is 13.5. The fourth-order valence-electron chi connectivity index (χ4n) is 1.23. The van der Waals surface area contributed by atoms with Crippen LogP contribution in [0, 0.1) is 0 Å². The Labute approximate surface area is 108 Å². The van der Waals surface area contributed by atoms with Crippen molar-refractivity contribution in [1.29, 1.82) is 0 Å². The predicted molar refractivity (Wildman–Crippen MR) is 73.6 cm³/mol. The summed E-state index contributed by atoms with van der Waals surface area (Å²) in [4.78, 5) is 8.18. The molecular formula is C9H16BrN5S. The Balaban J connectivity index is 2.79. The minimum atomic E-state index is 0.395. The summed E-state index contributed by atoms with van der Waals surface area (Å²) < 4.78 is 0.761. The van der Waals surface area contributed by atoms with E-state index in [1.165, 1.54) is 6.33 Å². The summed E-state index contributed by atoms with van der Waals surface area (Å²) in [5.74, 6) is 7.73. The van der Waals surface area contributed by atoms with Crippen LogP contribution in [0.1, 0.15) is 13.3 Å². The monoisotopic (exact) mass is 305 g/mol. The number of nitrogens with one attached hydrogen (secondary N) is 2. The number of nitrogen functional groups attached to an aromatic ring is 1. The van der Waals surface area contributed by atoms with Gasteiger partial charge < -0.3 is 10.7 Å². The third kappa shape index (κ3) is 3.50. The lowest BCUT2D eigenvalue weighted by Gasteiger charge is -2.17.